The molecule has 12 nitrogen and oxygen atoms in total. The number of rotatable bonds is 14. The Morgan fingerprint density at radius 2 is 1.49 bits per heavy atom. The number of hydrogen-bond donors (Lipinski definition) is 8. The van der Waals surface area contributed by atoms with Crippen LogP contribution in [0.2, 0.25) is 0 Å². The summed E-state index contributed by atoms with van der Waals surface area (Å²) in [6, 6.07) is 10.6. The normalized spacial score (nSPS) is 14.3. The molecule has 0 aliphatic carbocycles. The number of carbonyl (C=O) groups excluding carboxylic acids is 1. The maximum atomic E-state index is 12.4. The molecule has 2 aromatic rings. The minimum absolute atomic E-state index is 0.0427. The van der Waals surface area contributed by atoms with E-state index >= 15 is 0 Å². The van der Waals surface area contributed by atoms with Gasteiger partial charge in [0.15, 0.2) is 11.5 Å². The number of anilines is 1. The SMILES string of the molecule is CNC[C@H](O)[C@@H](O)[C@H](O)[C@H](O)CO.COc1ccc(CC(=O)O)cc1Oc1ccc(NC(=O)C(C)(C)C)cc1CSC(C)(C)C. The summed E-state index contributed by atoms with van der Waals surface area (Å²) in [5.41, 5.74) is 1.73. The van der Waals surface area contributed by atoms with Gasteiger partial charge in [-0.2, -0.15) is 11.8 Å². The Labute approximate surface area is 269 Å². The summed E-state index contributed by atoms with van der Waals surface area (Å²) in [7, 11) is 3.12. The lowest BCUT2D eigenvalue weighted by Gasteiger charge is -2.25. The second-order valence-corrected chi connectivity index (χ2v) is 14.2. The quantitative estimate of drug-likeness (QED) is 0.148. The third kappa shape index (κ3) is 14.4. The minimum Gasteiger partial charge on any atom is -0.493 e. The zero-order chi connectivity index (χ0) is 34.5. The lowest BCUT2D eigenvalue weighted by atomic mass is 9.95. The van der Waals surface area contributed by atoms with E-state index in [9.17, 15) is 14.7 Å². The molecule has 0 radical (unpaired) electrons. The summed E-state index contributed by atoms with van der Waals surface area (Å²) < 4.78 is 11.7. The van der Waals surface area contributed by atoms with Crippen LogP contribution in [-0.2, 0) is 21.8 Å². The summed E-state index contributed by atoms with van der Waals surface area (Å²) in [6.45, 7) is 11.5. The minimum atomic E-state index is -1.55. The van der Waals surface area contributed by atoms with Gasteiger partial charge < -0.3 is 50.7 Å². The third-order valence-electron chi connectivity index (χ3n) is 6.20. The first kappa shape index (κ1) is 40.1. The molecule has 0 aliphatic rings. The molecule has 0 saturated heterocycles. The van der Waals surface area contributed by atoms with E-state index in [1.54, 1.807) is 50.2 Å². The number of hydrogen-bond acceptors (Lipinski definition) is 11. The Balaban J connectivity index is 0.000000656. The number of aliphatic carboxylic acids is 1. The largest absolute Gasteiger partial charge is 0.493 e. The van der Waals surface area contributed by atoms with E-state index in [0.29, 0.717) is 34.3 Å². The number of nitrogens with one attached hydrogen (secondary N) is 2. The molecule has 0 saturated carbocycles. The van der Waals surface area contributed by atoms with Crippen LogP contribution in [0.5, 0.6) is 17.2 Å². The van der Waals surface area contributed by atoms with Gasteiger partial charge in [-0.05, 0) is 42.9 Å². The van der Waals surface area contributed by atoms with Crippen LogP contribution in [0.25, 0.3) is 0 Å². The molecule has 0 spiro atoms. The fraction of sp³-hybridized carbons (Fsp3) is 0.562. The number of amides is 1. The van der Waals surface area contributed by atoms with Gasteiger partial charge in [0.1, 0.15) is 24.1 Å². The second-order valence-electron chi connectivity index (χ2n) is 12.4. The highest BCUT2D eigenvalue weighted by Gasteiger charge is 2.29. The Morgan fingerprint density at radius 1 is 0.889 bits per heavy atom. The number of benzene rings is 2. The molecule has 0 unspecified atom stereocenters. The molecule has 1 amide bonds. The van der Waals surface area contributed by atoms with E-state index in [0.717, 1.165) is 5.56 Å². The van der Waals surface area contributed by atoms with E-state index in [-0.39, 0.29) is 23.6 Å². The molecule has 0 bridgehead atoms. The number of ether oxygens (including phenoxy) is 2. The number of aliphatic hydroxyl groups is 5. The van der Waals surface area contributed by atoms with Crippen molar-refractivity contribution in [2.75, 3.05) is 32.6 Å². The van der Waals surface area contributed by atoms with Crippen LogP contribution in [0.15, 0.2) is 36.4 Å². The van der Waals surface area contributed by atoms with Gasteiger partial charge in [0.25, 0.3) is 0 Å². The number of aliphatic hydroxyl groups excluding tert-OH is 5. The number of methoxy groups -OCH3 is 1. The second kappa shape index (κ2) is 18.3. The first-order chi connectivity index (χ1) is 20.8. The molecule has 8 N–H and O–H groups in total. The molecule has 2 aromatic carbocycles. The number of likely N-dealkylation sites (N-methyl/N-ethyl adjacent to an activating group) is 1. The predicted molar refractivity (Wildman–Crippen MR) is 175 cm³/mol. The molecule has 0 aromatic heterocycles. The van der Waals surface area contributed by atoms with Crippen LogP contribution < -0.4 is 20.1 Å². The van der Waals surface area contributed by atoms with E-state index in [1.165, 1.54) is 0 Å². The lowest BCUT2D eigenvalue weighted by Crippen LogP contribution is -2.48. The van der Waals surface area contributed by atoms with Crippen molar-refractivity contribution < 1.29 is 49.7 Å². The van der Waals surface area contributed by atoms with Gasteiger partial charge in [-0.1, -0.05) is 47.6 Å². The molecular formula is C32H50N2O10S. The van der Waals surface area contributed by atoms with Crippen LogP contribution >= 0.6 is 11.8 Å². The molecule has 0 heterocycles. The summed E-state index contributed by atoms with van der Waals surface area (Å²) in [6.07, 6.45) is -5.75. The number of thioether (sulfide) groups is 1. The molecule has 0 fully saturated rings. The van der Waals surface area contributed by atoms with Crippen molar-refractivity contribution in [1.82, 2.24) is 5.32 Å². The van der Waals surface area contributed by atoms with Gasteiger partial charge >= 0.3 is 5.97 Å². The molecule has 2 rings (SSSR count). The van der Waals surface area contributed by atoms with Crippen molar-refractivity contribution in [2.24, 2.45) is 5.41 Å². The smallest absolute Gasteiger partial charge is 0.307 e. The topological polar surface area (TPSA) is 198 Å². The summed E-state index contributed by atoms with van der Waals surface area (Å²) in [5.74, 6) is 1.28. The zero-order valence-electron chi connectivity index (χ0n) is 27.3. The van der Waals surface area contributed by atoms with Gasteiger partial charge in [0, 0.05) is 33.7 Å². The molecule has 13 heteroatoms. The Kier molecular flexibility index (Phi) is 16.3. The van der Waals surface area contributed by atoms with Crippen molar-refractivity contribution in [3.63, 3.8) is 0 Å². The van der Waals surface area contributed by atoms with E-state index in [1.807, 2.05) is 32.9 Å². The van der Waals surface area contributed by atoms with Crippen LogP contribution in [0, 0.1) is 5.41 Å². The number of carboxylic acid groups (broad SMARTS) is 1. The van der Waals surface area contributed by atoms with E-state index in [2.05, 4.69) is 31.4 Å². The van der Waals surface area contributed by atoms with Crippen LogP contribution in [0.4, 0.5) is 5.69 Å². The highest BCUT2D eigenvalue weighted by molar-refractivity contribution is 7.99. The maximum Gasteiger partial charge on any atom is 0.307 e. The van der Waals surface area contributed by atoms with Crippen LogP contribution in [0.3, 0.4) is 0 Å². The van der Waals surface area contributed by atoms with Gasteiger partial charge in [0.2, 0.25) is 5.91 Å². The van der Waals surface area contributed by atoms with Crippen LogP contribution in [0.1, 0.15) is 52.7 Å². The summed E-state index contributed by atoms with van der Waals surface area (Å²) >= 11 is 1.76. The molecule has 0 aliphatic heterocycles. The average Bonchev–Trinajstić information content (AvgIpc) is 2.95. The molecule has 254 valence electrons. The third-order valence-corrected chi connectivity index (χ3v) is 7.52. The Morgan fingerprint density at radius 3 is 2.00 bits per heavy atom. The van der Waals surface area contributed by atoms with Crippen LogP contribution in [-0.4, -0.2) is 99.0 Å². The predicted octanol–water partition coefficient (Wildman–Crippen LogP) is 2.77. The number of carboxylic acids is 1. The fourth-order valence-electron chi connectivity index (χ4n) is 3.58. The van der Waals surface area contributed by atoms with Gasteiger partial charge in [-0.25, -0.2) is 0 Å². The Bertz CT molecular complexity index is 1230. The zero-order valence-corrected chi connectivity index (χ0v) is 28.1. The maximum absolute atomic E-state index is 12.4. The van der Waals surface area contributed by atoms with Crippen molar-refractivity contribution in [3.8, 4) is 17.2 Å². The monoisotopic (exact) mass is 654 g/mol. The van der Waals surface area contributed by atoms with E-state index < -0.39 is 42.4 Å². The molecule has 4 atom stereocenters. The highest BCUT2D eigenvalue weighted by Crippen LogP contribution is 2.38. The van der Waals surface area contributed by atoms with Gasteiger partial charge in [0.05, 0.1) is 26.2 Å². The number of carbonyl (C=O) groups is 2. The van der Waals surface area contributed by atoms with Crippen molar-refractivity contribution >= 4 is 29.3 Å². The Hall–Kier alpha value is -2.91. The van der Waals surface area contributed by atoms with Crippen molar-refractivity contribution in [3.05, 3.63) is 47.5 Å². The highest BCUT2D eigenvalue weighted by atomic mass is 32.2. The standard InChI is InChI=1S/C25H33NO5S.C7H17NO5/c1-24(2,3)23(29)26-18-9-11-19(17(14-18)15-32-25(4,5)6)31-21-12-16(13-22(27)28)8-10-20(21)30-7;1-8-2-4(10)6(12)7(13)5(11)3-9/h8-12,14H,13,15H2,1-7H3,(H,26,29)(H,27,28);4-13H,2-3H2,1H3/t;4-,5+,6+,7+/m.0/s1. The van der Waals surface area contributed by atoms with Gasteiger partial charge in [-0.3, -0.25) is 9.59 Å². The molecular weight excluding hydrogens is 604 g/mol. The first-order valence-electron chi connectivity index (χ1n) is 14.5. The van der Waals surface area contributed by atoms with Crippen molar-refractivity contribution in [2.45, 2.75) is 82.9 Å². The fourth-order valence-corrected chi connectivity index (χ4v) is 4.39. The van der Waals surface area contributed by atoms with E-state index in [4.69, 9.17) is 35.0 Å². The van der Waals surface area contributed by atoms with Crippen molar-refractivity contribution in [1.29, 1.82) is 0 Å². The van der Waals surface area contributed by atoms with Gasteiger partial charge in [-0.15, -0.1) is 0 Å². The average molecular weight is 655 g/mol. The summed E-state index contributed by atoms with van der Waals surface area (Å²) in [4.78, 5) is 23.5. The lowest BCUT2D eigenvalue weighted by molar-refractivity contribution is -0.136. The first-order valence-corrected chi connectivity index (χ1v) is 15.4. The molecule has 45 heavy (non-hydrogen) atoms. The summed E-state index contributed by atoms with van der Waals surface area (Å²) in [5, 5.41) is 59.6.